The van der Waals surface area contributed by atoms with Gasteiger partial charge in [-0.05, 0) is 38.0 Å². The largest absolute Gasteiger partial charge is 0.323 e. The maximum Gasteiger partial charge on any atom is 0.321 e. The van der Waals surface area contributed by atoms with Crippen LogP contribution in [0.4, 0.5) is 20.6 Å². The average Bonchev–Trinajstić information content (AvgIpc) is 3.09. The topological polar surface area (TPSA) is 74.3 Å². The Labute approximate surface area is 168 Å². The van der Waals surface area contributed by atoms with Crippen LogP contribution in [0.1, 0.15) is 42.0 Å². The van der Waals surface area contributed by atoms with Gasteiger partial charge in [-0.2, -0.15) is 0 Å². The molecular formula is C20H25FN4O2S. The van der Waals surface area contributed by atoms with Crippen LogP contribution in [0.2, 0.25) is 0 Å². The van der Waals surface area contributed by atoms with Gasteiger partial charge >= 0.3 is 6.03 Å². The first-order chi connectivity index (χ1) is 13.4. The number of nitrogens with zero attached hydrogens (tertiary/aromatic N) is 2. The SMILES string of the molecule is Cc1ncc(CN(C)C(=O)Nc2ccc(F)c(NC(=O)C3CCCCC3)c2)s1. The summed E-state index contributed by atoms with van der Waals surface area (Å²) in [6.07, 6.45) is 6.64. The Morgan fingerprint density at radius 3 is 2.68 bits per heavy atom. The molecule has 150 valence electrons. The first-order valence-corrected chi connectivity index (χ1v) is 10.3. The van der Waals surface area contributed by atoms with Crippen molar-refractivity contribution in [3.05, 3.63) is 40.1 Å². The van der Waals surface area contributed by atoms with E-state index in [-0.39, 0.29) is 23.5 Å². The summed E-state index contributed by atoms with van der Waals surface area (Å²) in [5, 5.41) is 6.37. The summed E-state index contributed by atoms with van der Waals surface area (Å²) in [5.41, 5.74) is 0.520. The fraction of sp³-hybridized carbons (Fsp3) is 0.450. The van der Waals surface area contributed by atoms with Gasteiger partial charge < -0.3 is 15.5 Å². The minimum absolute atomic E-state index is 0.0691. The molecule has 1 aliphatic rings. The van der Waals surface area contributed by atoms with E-state index in [0.29, 0.717) is 12.2 Å². The number of carbonyl (C=O) groups is 2. The van der Waals surface area contributed by atoms with Crippen molar-refractivity contribution in [3.63, 3.8) is 0 Å². The van der Waals surface area contributed by atoms with Crippen molar-refractivity contribution >= 4 is 34.6 Å². The number of amides is 3. The van der Waals surface area contributed by atoms with Crippen molar-refractivity contribution in [3.8, 4) is 0 Å². The molecule has 1 aliphatic carbocycles. The summed E-state index contributed by atoms with van der Waals surface area (Å²) < 4.78 is 14.1. The normalized spacial score (nSPS) is 14.5. The third kappa shape index (κ3) is 5.28. The maximum atomic E-state index is 14.1. The molecule has 3 amide bonds. The number of thiazole rings is 1. The first kappa shape index (κ1) is 20.3. The Balaban J connectivity index is 1.61. The van der Waals surface area contributed by atoms with Gasteiger partial charge in [0.2, 0.25) is 5.91 Å². The molecule has 1 heterocycles. The number of hydrogen-bond acceptors (Lipinski definition) is 4. The van der Waals surface area contributed by atoms with Crippen LogP contribution in [-0.4, -0.2) is 28.9 Å². The zero-order chi connectivity index (χ0) is 20.1. The lowest BCUT2D eigenvalue weighted by molar-refractivity contribution is -0.120. The smallest absolute Gasteiger partial charge is 0.321 e. The van der Waals surface area contributed by atoms with Crippen LogP contribution in [-0.2, 0) is 11.3 Å². The molecule has 0 atom stereocenters. The zero-order valence-electron chi connectivity index (χ0n) is 16.1. The highest BCUT2D eigenvalue weighted by atomic mass is 32.1. The second-order valence-corrected chi connectivity index (χ2v) is 8.47. The van der Waals surface area contributed by atoms with E-state index in [1.807, 2.05) is 6.92 Å². The highest BCUT2D eigenvalue weighted by Gasteiger charge is 2.22. The summed E-state index contributed by atoms with van der Waals surface area (Å²) in [5.74, 6) is -0.740. The fourth-order valence-corrected chi connectivity index (χ4v) is 4.15. The number of benzene rings is 1. The van der Waals surface area contributed by atoms with Crippen molar-refractivity contribution in [1.29, 1.82) is 0 Å². The number of urea groups is 1. The summed E-state index contributed by atoms with van der Waals surface area (Å²) in [6.45, 7) is 2.35. The van der Waals surface area contributed by atoms with Crippen molar-refractivity contribution in [1.82, 2.24) is 9.88 Å². The molecule has 28 heavy (non-hydrogen) atoms. The van der Waals surface area contributed by atoms with E-state index >= 15 is 0 Å². The lowest BCUT2D eigenvalue weighted by atomic mass is 9.88. The molecule has 1 aromatic heterocycles. The van der Waals surface area contributed by atoms with E-state index < -0.39 is 5.82 Å². The summed E-state index contributed by atoms with van der Waals surface area (Å²) >= 11 is 1.53. The highest BCUT2D eigenvalue weighted by Crippen LogP contribution is 2.26. The Kier molecular flexibility index (Phi) is 6.61. The Morgan fingerprint density at radius 2 is 2.00 bits per heavy atom. The lowest BCUT2D eigenvalue weighted by Crippen LogP contribution is -2.30. The number of carbonyl (C=O) groups excluding carboxylic acids is 2. The second kappa shape index (κ2) is 9.14. The molecule has 0 spiro atoms. The molecule has 1 aromatic carbocycles. The number of nitrogens with one attached hydrogen (secondary N) is 2. The lowest BCUT2D eigenvalue weighted by Gasteiger charge is -2.21. The van der Waals surface area contributed by atoms with E-state index in [2.05, 4.69) is 15.6 Å². The number of aryl methyl sites for hydroxylation is 1. The second-order valence-electron chi connectivity index (χ2n) is 7.15. The molecule has 0 aliphatic heterocycles. The average molecular weight is 405 g/mol. The van der Waals surface area contributed by atoms with E-state index in [1.165, 1.54) is 34.4 Å². The third-order valence-corrected chi connectivity index (χ3v) is 5.76. The standard InChI is InChI=1S/C20H25FN4O2S/c1-13-22-11-16(28-13)12-25(2)20(27)23-15-8-9-17(21)18(10-15)24-19(26)14-6-4-3-5-7-14/h8-11,14H,3-7,12H2,1-2H3,(H,23,27)(H,24,26). The van der Waals surface area contributed by atoms with E-state index in [0.717, 1.165) is 42.0 Å². The Morgan fingerprint density at radius 1 is 1.25 bits per heavy atom. The van der Waals surface area contributed by atoms with Gasteiger partial charge in [-0.25, -0.2) is 14.2 Å². The summed E-state index contributed by atoms with van der Waals surface area (Å²) in [6, 6.07) is 3.87. The van der Waals surface area contributed by atoms with Gasteiger partial charge in [0.1, 0.15) is 5.82 Å². The van der Waals surface area contributed by atoms with Crippen LogP contribution in [0.15, 0.2) is 24.4 Å². The van der Waals surface area contributed by atoms with Gasteiger partial charge in [0.05, 0.1) is 17.2 Å². The summed E-state index contributed by atoms with van der Waals surface area (Å²) in [4.78, 5) is 31.5. The van der Waals surface area contributed by atoms with Gasteiger partial charge in [0, 0.05) is 29.7 Å². The molecule has 0 saturated heterocycles. The number of rotatable bonds is 5. The van der Waals surface area contributed by atoms with Gasteiger partial charge in [0.15, 0.2) is 0 Å². The van der Waals surface area contributed by atoms with Crippen molar-refractivity contribution in [2.75, 3.05) is 17.7 Å². The van der Waals surface area contributed by atoms with Gasteiger partial charge in [-0.15, -0.1) is 11.3 Å². The molecule has 1 fully saturated rings. The molecule has 0 unspecified atom stereocenters. The molecule has 8 heteroatoms. The first-order valence-electron chi connectivity index (χ1n) is 9.46. The Hall–Kier alpha value is -2.48. The van der Waals surface area contributed by atoms with Crippen LogP contribution in [0.25, 0.3) is 0 Å². The maximum absolute atomic E-state index is 14.1. The van der Waals surface area contributed by atoms with Crippen molar-refractivity contribution in [2.24, 2.45) is 5.92 Å². The summed E-state index contributed by atoms with van der Waals surface area (Å²) in [7, 11) is 1.68. The number of hydrogen-bond donors (Lipinski definition) is 2. The third-order valence-electron chi connectivity index (χ3n) is 4.86. The van der Waals surface area contributed by atoms with Crippen LogP contribution >= 0.6 is 11.3 Å². The quantitative estimate of drug-likeness (QED) is 0.754. The fourth-order valence-electron chi connectivity index (χ4n) is 3.30. The number of aromatic nitrogens is 1. The van der Waals surface area contributed by atoms with Gasteiger partial charge in [-0.3, -0.25) is 4.79 Å². The number of anilines is 2. The highest BCUT2D eigenvalue weighted by molar-refractivity contribution is 7.11. The predicted octanol–water partition coefficient (Wildman–Crippen LogP) is 4.77. The Bertz CT molecular complexity index is 848. The van der Waals surface area contributed by atoms with Crippen LogP contribution in [0.3, 0.4) is 0 Å². The van der Waals surface area contributed by atoms with E-state index in [9.17, 15) is 14.0 Å². The number of halogens is 1. The molecule has 6 nitrogen and oxygen atoms in total. The zero-order valence-corrected chi connectivity index (χ0v) is 16.9. The molecule has 0 radical (unpaired) electrons. The van der Waals surface area contributed by atoms with Gasteiger partial charge in [-0.1, -0.05) is 19.3 Å². The van der Waals surface area contributed by atoms with Crippen molar-refractivity contribution in [2.45, 2.75) is 45.6 Å². The minimum Gasteiger partial charge on any atom is -0.323 e. The monoisotopic (exact) mass is 404 g/mol. The van der Waals surface area contributed by atoms with Crippen LogP contribution < -0.4 is 10.6 Å². The predicted molar refractivity (Wildman–Crippen MR) is 109 cm³/mol. The molecule has 1 saturated carbocycles. The van der Waals surface area contributed by atoms with E-state index in [4.69, 9.17) is 0 Å². The molecular weight excluding hydrogens is 379 g/mol. The molecule has 0 bridgehead atoms. The minimum atomic E-state index is -0.518. The molecule has 2 N–H and O–H groups in total. The molecule has 3 rings (SSSR count). The van der Waals surface area contributed by atoms with Crippen molar-refractivity contribution < 1.29 is 14.0 Å². The van der Waals surface area contributed by atoms with E-state index in [1.54, 1.807) is 13.2 Å². The van der Waals surface area contributed by atoms with Gasteiger partial charge in [0.25, 0.3) is 0 Å². The molecule has 2 aromatic rings. The van der Waals surface area contributed by atoms with Crippen LogP contribution in [0, 0.1) is 18.7 Å². The van der Waals surface area contributed by atoms with Crippen LogP contribution in [0.5, 0.6) is 0 Å².